The van der Waals surface area contributed by atoms with Crippen molar-refractivity contribution in [2.45, 2.75) is 32.9 Å². The van der Waals surface area contributed by atoms with Crippen LogP contribution in [0.25, 0.3) is 0 Å². The molecule has 0 radical (unpaired) electrons. The monoisotopic (exact) mass is 328 g/mol. The molecule has 0 bridgehead atoms. The average Bonchev–Trinajstić information content (AvgIpc) is 2.85. The van der Waals surface area contributed by atoms with Gasteiger partial charge < -0.3 is 14.8 Å². The van der Waals surface area contributed by atoms with Crippen LogP contribution in [0.1, 0.15) is 25.8 Å². The summed E-state index contributed by atoms with van der Waals surface area (Å²) in [7, 11) is 0. The van der Waals surface area contributed by atoms with Crippen LogP contribution in [0.5, 0.6) is 5.88 Å². The van der Waals surface area contributed by atoms with Crippen LogP contribution in [-0.4, -0.2) is 30.8 Å². The van der Waals surface area contributed by atoms with E-state index in [0.29, 0.717) is 12.5 Å². The fourth-order valence-electron chi connectivity index (χ4n) is 1.96. The Morgan fingerprint density at radius 1 is 1.58 bits per heavy atom. The number of hydrogen-bond donors (Lipinski definition) is 1. The van der Waals surface area contributed by atoms with Crippen LogP contribution in [0.4, 0.5) is 0 Å². The molecule has 1 fully saturated rings. The van der Waals surface area contributed by atoms with Gasteiger partial charge in [0.05, 0.1) is 13.2 Å². The molecule has 5 heteroatoms. The number of nitrogens with one attached hydrogen (secondary N) is 1. The van der Waals surface area contributed by atoms with E-state index < -0.39 is 0 Å². The maximum Gasteiger partial charge on any atom is 0.218 e. The zero-order valence-electron chi connectivity index (χ0n) is 11.5. The fraction of sp³-hybridized carbons (Fsp3) is 0.643. The summed E-state index contributed by atoms with van der Waals surface area (Å²) >= 11 is 3.46. The van der Waals surface area contributed by atoms with E-state index in [1.807, 2.05) is 0 Å². The lowest BCUT2D eigenvalue weighted by Gasteiger charge is -2.15. The van der Waals surface area contributed by atoms with Crippen LogP contribution in [0.15, 0.2) is 16.7 Å². The van der Waals surface area contributed by atoms with E-state index >= 15 is 0 Å². The Hall–Kier alpha value is -0.650. The normalized spacial score (nSPS) is 19.1. The minimum Gasteiger partial charge on any atom is -0.472 e. The molecule has 2 rings (SSSR count). The molecule has 0 aliphatic carbocycles. The molecular formula is C14H21BrN2O2. The second-order valence-electron chi connectivity index (χ2n) is 5.25. The summed E-state index contributed by atoms with van der Waals surface area (Å²) in [5, 5.41) is 3.42. The molecule has 1 unspecified atom stereocenters. The van der Waals surface area contributed by atoms with Gasteiger partial charge in [-0.25, -0.2) is 4.98 Å². The number of nitrogens with zero attached hydrogens (tertiary/aromatic N) is 1. The van der Waals surface area contributed by atoms with Gasteiger partial charge in [-0.15, -0.1) is 0 Å². The van der Waals surface area contributed by atoms with Gasteiger partial charge in [-0.2, -0.15) is 0 Å². The molecule has 1 aliphatic rings. The van der Waals surface area contributed by atoms with Crippen LogP contribution < -0.4 is 10.1 Å². The Labute approximate surface area is 123 Å². The van der Waals surface area contributed by atoms with Crippen LogP contribution in [-0.2, 0) is 11.3 Å². The van der Waals surface area contributed by atoms with Gasteiger partial charge in [0.2, 0.25) is 5.88 Å². The van der Waals surface area contributed by atoms with E-state index in [2.05, 4.69) is 46.1 Å². The molecule has 1 aromatic rings. The summed E-state index contributed by atoms with van der Waals surface area (Å²) in [6.07, 6.45) is 2.85. The molecule has 2 heterocycles. The van der Waals surface area contributed by atoms with Crippen LogP contribution in [0.2, 0.25) is 0 Å². The van der Waals surface area contributed by atoms with E-state index in [1.165, 1.54) is 0 Å². The highest BCUT2D eigenvalue weighted by molar-refractivity contribution is 9.10. The SMILES string of the molecule is CC(C)CNCc1cc(Br)cnc1OC1CCOC1. The third kappa shape index (κ3) is 4.75. The topological polar surface area (TPSA) is 43.4 Å². The Bertz CT molecular complexity index is 406. The standard InChI is InChI=1S/C14H21BrN2O2/c1-10(2)6-16-7-11-5-12(15)8-17-14(11)19-13-3-4-18-9-13/h5,8,10,13,16H,3-4,6-7,9H2,1-2H3. The summed E-state index contributed by atoms with van der Waals surface area (Å²) in [5.74, 6) is 1.35. The molecule has 1 aromatic heterocycles. The lowest BCUT2D eigenvalue weighted by molar-refractivity contribution is 0.137. The largest absolute Gasteiger partial charge is 0.472 e. The van der Waals surface area contributed by atoms with Crippen molar-refractivity contribution in [1.29, 1.82) is 0 Å². The van der Waals surface area contributed by atoms with Crippen LogP contribution >= 0.6 is 15.9 Å². The Kier molecular flexibility index (Phi) is 5.60. The van der Waals surface area contributed by atoms with Gasteiger partial charge in [-0.3, -0.25) is 0 Å². The third-order valence-electron chi connectivity index (χ3n) is 2.93. The van der Waals surface area contributed by atoms with E-state index in [0.717, 1.165) is 42.0 Å². The molecule has 1 atom stereocenters. The van der Waals surface area contributed by atoms with Crippen molar-refractivity contribution in [3.63, 3.8) is 0 Å². The first-order valence-corrected chi connectivity index (χ1v) is 7.54. The lowest BCUT2D eigenvalue weighted by atomic mass is 10.2. The Balaban J connectivity index is 1.99. The van der Waals surface area contributed by atoms with E-state index in [1.54, 1.807) is 6.20 Å². The summed E-state index contributed by atoms with van der Waals surface area (Å²) in [6.45, 7) is 7.59. The van der Waals surface area contributed by atoms with Crippen molar-refractivity contribution in [2.75, 3.05) is 19.8 Å². The first-order valence-electron chi connectivity index (χ1n) is 6.74. The number of ether oxygens (including phenoxy) is 2. The van der Waals surface area contributed by atoms with Gasteiger partial charge in [0.25, 0.3) is 0 Å². The van der Waals surface area contributed by atoms with Gasteiger partial charge in [0.1, 0.15) is 6.10 Å². The molecule has 4 nitrogen and oxygen atoms in total. The van der Waals surface area contributed by atoms with Gasteiger partial charge >= 0.3 is 0 Å². The Morgan fingerprint density at radius 2 is 2.42 bits per heavy atom. The molecule has 0 spiro atoms. The van der Waals surface area contributed by atoms with Crippen molar-refractivity contribution in [3.05, 3.63) is 22.3 Å². The zero-order chi connectivity index (χ0) is 13.7. The first kappa shape index (κ1) is 14.8. The third-order valence-corrected chi connectivity index (χ3v) is 3.36. The average molecular weight is 329 g/mol. The van der Waals surface area contributed by atoms with Gasteiger partial charge in [0.15, 0.2) is 0 Å². The molecule has 1 saturated heterocycles. The highest BCUT2D eigenvalue weighted by atomic mass is 79.9. The summed E-state index contributed by atoms with van der Waals surface area (Å²) in [6, 6.07) is 2.06. The quantitative estimate of drug-likeness (QED) is 0.872. The van der Waals surface area contributed by atoms with Crippen molar-refractivity contribution in [2.24, 2.45) is 5.92 Å². The molecule has 0 aromatic carbocycles. The highest BCUT2D eigenvalue weighted by Crippen LogP contribution is 2.22. The maximum absolute atomic E-state index is 5.92. The van der Waals surface area contributed by atoms with Crippen molar-refractivity contribution < 1.29 is 9.47 Å². The van der Waals surface area contributed by atoms with Crippen LogP contribution in [0, 0.1) is 5.92 Å². The minimum absolute atomic E-state index is 0.137. The smallest absolute Gasteiger partial charge is 0.218 e. The number of rotatable bonds is 6. The molecule has 1 aliphatic heterocycles. The second-order valence-corrected chi connectivity index (χ2v) is 6.16. The minimum atomic E-state index is 0.137. The van der Waals surface area contributed by atoms with Gasteiger partial charge in [0, 0.05) is 29.2 Å². The highest BCUT2D eigenvalue weighted by Gasteiger charge is 2.19. The summed E-state index contributed by atoms with van der Waals surface area (Å²) in [5.41, 5.74) is 1.09. The van der Waals surface area contributed by atoms with Crippen LogP contribution in [0.3, 0.4) is 0 Å². The van der Waals surface area contributed by atoms with Gasteiger partial charge in [-0.1, -0.05) is 13.8 Å². The lowest BCUT2D eigenvalue weighted by Crippen LogP contribution is -2.22. The summed E-state index contributed by atoms with van der Waals surface area (Å²) < 4.78 is 12.2. The molecule has 0 amide bonds. The van der Waals surface area contributed by atoms with Crippen molar-refractivity contribution in [1.82, 2.24) is 10.3 Å². The molecule has 0 saturated carbocycles. The van der Waals surface area contributed by atoms with Crippen molar-refractivity contribution in [3.8, 4) is 5.88 Å². The number of aromatic nitrogens is 1. The Morgan fingerprint density at radius 3 is 3.11 bits per heavy atom. The second kappa shape index (κ2) is 7.22. The van der Waals surface area contributed by atoms with E-state index in [-0.39, 0.29) is 6.10 Å². The number of pyridine rings is 1. The molecule has 106 valence electrons. The molecular weight excluding hydrogens is 308 g/mol. The molecule has 1 N–H and O–H groups in total. The van der Waals surface area contributed by atoms with E-state index in [4.69, 9.17) is 9.47 Å². The molecule has 19 heavy (non-hydrogen) atoms. The van der Waals surface area contributed by atoms with Crippen molar-refractivity contribution >= 4 is 15.9 Å². The zero-order valence-corrected chi connectivity index (χ0v) is 13.1. The van der Waals surface area contributed by atoms with E-state index in [9.17, 15) is 0 Å². The number of halogens is 1. The maximum atomic E-state index is 5.92. The first-order chi connectivity index (χ1) is 9.15. The fourth-order valence-corrected chi connectivity index (χ4v) is 2.34. The van der Waals surface area contributed by atoms with Gasteiger partial charge in [-0.05, 0) is 34.5 Å². The number of hydrogen-bond acceptors (Lipinski definition) is 4. The summed E-state index contributed by atoms with van der Waals surface area (Å²) in [4.78, 5) is 4.37. The predicted molar refractivity (Wildman–Crippen MR) is 78.3 cm³/mol. The predicted octanol–water partition coefficient (Wildman–Crippen LogP) is 2.76.